The second-order valence-electron chi connectivity index (χ2n) is 6.23. The van der Waals surface area contributed by atoms with Gasteiger partial charge in [0.25, 0.3) is 5.91 Å². The Morgan fingerprint density at radius 3 is 2.48 bits per heavy atom. The van der Waals surface area contributed by atoms with E-state index < -0.39 is 0 Å². The Kier molecular flexibility index (Phi) is 7.45. The molecular weight excluding hydrogens is 414 g/mol. The maximum atomic E-state index is 12.1. The van der Waals surface area contributed by atoms with Crippen LogP contribution < -0.4 is 20.7 Å². The highest BCUT2D eigenvalue weighted by Gasteiger charge is 2.07. The Morgan fingerprint density at radius 2 is 1.81 bits per heavy atom. The average Bonchev–Trinajstić information content (AvgIpc) is 2.80. The molecule has 2 aromatic carbocycles. The highest BCUT2D eigenvalue weighted by Crippen LogP contribution is 2.22. The van der Waals surface area contributed by atoms with Gasteiger partial charge >= 0.3 is 6.03 Å². The number of aromatic nitrogens is 1. The van der Waals surface area contributed by atoms with Gasteiger partial charge < -0.3 is 20.7 Å². The SMILES string of the molecule is CNC(=O)c1cc(Oc2ccc(CNC(=O)Nc3ccc(SC#N)cc3)cc2)ccn1. The summed E-state index contributed by atoms with van der Waals surface area (Å²) in [5.74, 6) is 0.803. The van der Waals surface area contributed by atoms with Crippen LogP contribution in [0.2, 0.25) is 0 Å². The third-order valence-electron chi connectivity index (χ3n) is 4.08. The van der Waals surface area contributed by atoms with Gasteiger partial charge in [-0.15, -0.1) is 0 Å². The van der Waals surface area contributed by atoms with Crippen molar-refractivity contribution >= 4 is 29.4 Å². The molecule has 3 rings (SSSR count). The van der Waals surface area contributed by atoms with Crippen molar-refractivity contribution in [3.8, 4) is 16.9 Å². The van der Waals surface area contributed by atoms with Crippen LogP contribution in [0.15, 0.2) is 71.8 Å². The normalized spacial score (nSPS) is 9.94. The molecule has 3 aromatic rings. The summed E-state index contributed by atoms with van der Waals surface area (Å²) in [7, 11) is 1.54. The molecule has 0 saturated carbocycles. The number of amides is 3. The van der Waals surface area contributed by atoms with Crippen molar-refractivity contribution < 1.29 is 14.3 Å². The molecule has 0 unspecified atom stereocenters. The Morgan fingerprint density at radius 1 is 1.06 bits per heavy atom. The predicted octanol–water partition coefficient (Wildman–Crippen LogP) is 4.13. The highest BCUT2D eigenvalue weighted by molar-refractivity contribution is 8.03. The predicted molar refractivity (Wildman–Crippen MR) is 118 cm³/mol. The summed E-state index contributed by atoms with van der Waals surface area (Å²) in [6.45, 7) is 0.338. The topological polar surface area (TPSA) is 116 Å². The first-order chi connectivity index (χ1) is 15.1. The number of hydrogen-bond acceptors (Lipinski definition) is 6. The van der Waals surface area contributed by atoms with Gasteiger partial charge in [-0.1, -0.05) is 12.1 Å². The molecular formula is C22H19N5O3S. The van der Waals surface area contributed by atoms with Gasteiger partial charge in [0.15, 0.2) is 0 Å². The van der Waals surface area contributed by atoms with E-state index in [2.05, 4.69) is 20.9 Å². The van der Waals surface area contributed by atoms with E-state index in [9.17, 15) is 9.59 Å². The first kappa shape index (κ1) is 21.7. The maximum absolute atomic E-state index is 12.1. The van der Waals surface area contributed by atoms with Gasteiger partial charge in [0.05, 0.1) is 0 Å². The third-order valence-corrected chi connectivity index (χ3v) is 4.68. The van der Waals surface area contributed by atoms with E-state index in [0.717, 1.165) is 22.2 Å². The van der Waals surface area contributed by atoms with E-state index >= 15 is 0 Å². The molecule has 0 aliphatic carbocycles. The summed E-state index contributed by atoms with van der Waals surface area (Å²) in [6.07, 6.45) is 1.51. The quantitative estimate of drug-likeness (QED) is 0.381. The lowest BCUT2D eigenvalue weighted by molar-refractivity contribution is 0.0958. The smallest absolute Gasteiger partial charge is 0.319 e. The van der Waals surface area contributed by atoms with E-state index in [1.807, 2.05) is 17.5 Å². The Labute approximate surface area is 183 Å². The summed E-state index contributed by atoms with van der Waals surface area (Å²) >= 11 is 1.06. The molecule has 0 radical (unpaired) electrons. The minimum atomic E-state index is -0.334. The lowest BCUT2D eigenvalue weighted by Gasteiger charge is -2.10. The summed E-state index contributed by atoms with van der Waals surface area (Å²) in [5, 5.41) is 18.7. The van der Waals surface area contributed by atoms with Gasteiger partial charge in [0.1, 0.15) is 22.6 Å². The molecule has 0 aliphatic rings. The van der Waals surface area contributed by atoms with Gasteiger partial charge in [0, 0.05) is 36.4 Å². The van der Waals surface area contributed by atoms with Crippen LogP contribution in [-0.2, 0) is 6.54 Å². The number of rotatable bonds is 7. The van der Waals surface area contributed by atoms with Crippen molar-refractivity contribution in [1.29, 1.82) is 5.26 Å². The van der Waals surface area contributed by atoms with Crippen molar-refractivity contribution in [1.82, 2.24) is 15.6 Å². The van der Waals surface area contributed by atoms with Gasteiger partial charge in [-0.3, -0.25) is 9.78 Å². The number of nitriles is 1. The van der Waals surface area contributed by atoms with Crippen LogP contribution in [0.1, 0.15) is 16.1 Å². The molecule has 0 atom stereocenters. The number of anilines is 1. The van der Waals surface area contributed by atoms with Crippen molar-refractivity contribution in [3.63, 3.8) is 0 Å². The lowest BCUT2D eigenvalue weighted by atomic mass is 10.2. The minimum absolute atomic E-state index is 0.269. The zero-order valence-electron chi connectivity index (χ0n) is 16.6. The van der Waals surface area contributed by atoms with E-state index in [1.54, 1.807) is 48.5 Å². The molecule has 1 heterocycles. The second kappa shape index (κ2) is 10.7. The van der Waals surface area contributed by atoms with Crippen molar-refractivity contribution in [2.24, 2.45) is 0 Å². The summed E-state index contributed by atoms with van der Waals surface area (Å²) in [4.78, 5) is 28.5. The monoisotopic (exact) mass is 433 g/mol. The number of nitrogens with zero attached hydrogens (tertiary/aromatic N) is 2. The Balaban J connectivity index is 1.51. The molecule has 0 aliphatic heterocycles. The van der Waals surface area contributed by atoms with Crippen LogP contribution in [0.4, 0.5) is 10.5 Å². The van der Waals surface area contributed by atoms with Gasteiger partial charge in [-0.05, 0) is 59.8 Å². The highest BCUT2D eigenvalue weighted by atomic mass is 32.2. The fourth-order valence-electron chi connectivity index (χ4n) is 2.55. The molecule has 8 nitrogen and oxygen atoms in total. The molecule has 0 fully saturated rings. The second-order valence-corrected chi connectivity index (χ2v) is 7.09. The molecule has 0 spiro atoms. The van der Waals surface area contributed by atoms with Crippen molar-refractivity contribution in [2.75, 3.05) is 12.4 Å². The van der Waals surface area contributed by atoms with Gasteiger partial charge in [-0.25, -0.2) is 4.79 Å². The van der Waals surface area contributed by atoms with E-state index in [1.165, 1.54) is 13.2 Å². The molecule has 0 bridgehead atoms. The van der Waals surface area contributed by atoms with Crippen molar-refractivity contribution in [2.45, 2.75) is 11.4 Å². The number of pyridine rings is 1. The van der Waals surface area contributed by atoms with Crippen LogP contribution in [0.3, 0.4) is 0 Å². The zero-order valence-corrected chi connectivity index (χ0v) is 17.4. The number of ether oxygens (including phenoxy) is 1. The van der Waals surface area contributed by atoms with Gasteiger partial charge in [-0.2, -0.15) is 5.26 Å². The lowest BCUT2D eigenvalue weighted by Crippen LogP contribution is -2.28. The number of thiocyanates is 1. The van der Waals surface area contributed by atoms with E-state index in [-0.39, 0.29) is 17.6 Å². The van der Waals surface area contributed by atoms with Crippen LogP contribution in [-0.4, -0.2) is 24.0 Å². The average molecular weight is 433 g/mol. The molecule has 3 amide bonds. The van der Waals surface area contributed by atoms with Crippen LogP contribution in [0.5, 0.6) is 11.5 Å². The Hall–Kier alpha value is -4.03. The first-order valence-electron chi connectivity index (χ1n) is 9.23. The van der Waals surface area contributed by atoms with Crippen molar-refractivity contribution in [3.05, 3.63) is 78.1 Å². The standard InChI is InChI=1S/C22H19N5O3S/c1-24-21(28)20-12-18(10-11-25-20)30-17-6-2-15(3-7-17)13-26-22(29)27-16-4-8-19(9-5-16)31-14-23/h2-12H,13H2,1H3,(H,24,28)(H2,26,27,29). The molecule has 9 heteroatoms. The third kappa shape index (κ3) is 6.48. The molecule has 3 N–H and O–H groups in total. The zero-order chi connectivity index (χ0) is 22.1. The van der Waals surface area contributed by atoms with Crippen LogP contribution in [0, 0.1) is 10.7 Å². The number of benzene rings is 2. The number of carbonyl (C=O) groups excluding carboxylic acids is 2. The molecule has 1 aromatic heterocycles. The largest absolute Gasteiger partial charge is 0.457 e. The minimum Gasteiger partial charge on any atom is -0.457 e. The summed E-state index contributed by atoms with van der Waals surface area (Å²) in [6, 6.07) is 17.1. The van der Waals surface area contributed by atoms with E-state index in [0.29, 0.717) is 23.7 Å². The summed E-state index contributed by atoms with van der Waals surface area (Å²) < 4.78 is 5.76. The van der Waals surface area contributed by atoms with Gasteiger partial charge in [0.2, 0.25) is 0 Å². The number of hydrogen-bond donors (Lipinski definition) is 3. The maximum Gasteiger partial charge on any atom is 0.319 e. The van der Waals surface area contributed by atoms with E-state index in [4.69, 9.17) is 10.00 Å². The Bertz CT molecular complexity index is 1100. The molecule has 0 saturated heterocycles. The van der Waals surface area contributed by atoms with Crippen LogP contribution >= 0.6 is 11.8 Å². The van der Waals surface area contributed by atoms with Crippen LogP contribution in [0.25, 0.3) is 0 Å². The number of carbonyl (C=O) groups is 2. The molecule has 156 valence electrons. The fraction of sp³-hybridized carbons (Fsp3) is 0.0909. The number of nitrogens with one attached hydrogen (secondary N) is 3. The first-order valence-corrected chi connectivity index (χ1v) is 10.0. The summed E-state index contributed by atoms with van der Waals surface area (Å²) in [5.41, 5.74) is 1.80. The fourth-order valence-corrected chi connectivity index (χ4v) is 2.93. The number of urea groups is 1. The molecule has 31 heavy (non-hydrogen) atoms. The number of thioether (sulfide) groups is 1.